The summed E-state index contributed by atoms with van der Waals surface area (Å²) in [6.45, 7) is -1.10. The number of benzene rings is 1. The van der Waals surface area contributed by atoms with Crippen molar-refractivity contribution in [3.8, 4) is 17.2 Å². The highest BCUT2D eigenvalue weighted by molar-refractivity contribution is 6.03. The van der Waals surface area contributed by atoms with Crippen LogP contribution in [0.2, 0.25) is 0 Å². The molecule has 0 unspecified atom stereocenters. The number of carbonyl (C=O) groups is 3. The normalized spacial score (nSPS) is 15.8. The van der Waals surface area contributed by atoms with Crippen LogP contribution < -0.4 is 14.2 Å². The van der Waals surface area contributed by atoms with Crippen LogP contribution in [0.1, 0.15) is 216 Å². The van der Waals surface area contributed by atoms with E-state index in [1.165, 1.54) is 0 Å². The van der Waals surface area contributed by atoms with Gasteiger partial charge in [0, 0.05) is 32.1 Å². The zero-order valence-electron chi connectivity index (χ0n) is 64.0. The van der Waals surface area contributed by atoms with E-state index >= 15 is 0 Å². The van der Waals surface area contributed by atoms with Crippen LogP contribution in [0.5, 0.6) is 17.2 Å². The number of ether oxygens (including phenoxy) is 3. The second-order valence-electron chi connectivity index (χ2n) is 29.0. The minimum Gasteiger partial charge on any atom is -0.490 e. The Kier molecular flexibility index (Phi) is 37.7. The molecule has 0 N–H and O–H groups in total. The van der Waals surface area contributed by atoms with Crippen LogP contribution >= 0.6 is 0 Å². The fourth-order valence-corrected chi connectivity index (χ4v) is 11.5. The predicted octanol–water partition coefficient (Wildman–Crippen LogP) is 28.8. The van der Waals surface area contributed by atoms with E-state index in [2.05, 4.69) is 0 Å². The minimum atomic E-state index is -8.81. The molecule has 1 saturated heterocycles. The van der Waals surface area contributed by atoms with Crippen molar-refractivity contribution in [1.29, 1.82) is 0 Å². The lowest BCUT2D eigenvalue weighted by atomic mass is 9.87. The molecule has 127 heavy (non-hydrogen) atoms. The van der Waals surface area contributed by atoms with Gasteiger partial charge in [-0.2, -0.15) is 224 Å². The summed E-state index contributed by atoms with van der Waals surface area (Å²) in [5.41, 5.74) is -0.568. The number of amides is 2. The minimum absolute atomic E-state index is 0.0171. The van der Waals surface area contributed by atoms with Crippen molar-refractivity contribution < 1.29 is 257 Å². The van der Waals surface area contributed by atoms with Gasteiger partial charge in [-0.1, -0.05) is 135 Å². The number of hydrogen-bond donors (Lipinski definition) is 0. The average molecular weight is 1980 g/mol. The van der Waals surface area contributed by atoms with Gasteiger partial charge >= 0.3 is 149 Å². The third-order valence-electron chi connectivity index (χ3n) is 19.5. The molecule has 2 amide bonds. The van der Waals surface area contributed by atoms with Crippen molar-refractivity contribution >= 4 is 17.8 Å². The van der Waals surface area contributed by atoms with Crippen molar-refractivity contribution in [2.24, 2.45) is 0 Å². The first-order chi connectivity index (χ1) is 56.7. The molecule has 8 nitrogen and oxygen atoms in total. The molecular weight excluding hydrogens is 1910 g/mol. The predicted molar refractivity (Wildman–Crippen MR) is 330 cm³/mol. The van der Waals surface area contributed by atoms with E-state index in [4.69, 9.17) is 19.0 Å². The fourth-order valence-electron chi connectivity index (χ4n) is 11.5. The monoisotopic (exact) mass is 1980 g/mol. The maximum Gasteiger partial charge on any atom is 0.460 e. The standard InChI is InChI=1S/C68H72F51NO7/c69-45(70,48(75,76)51(81,82)54(87,88)57(93,94)60(99,100)63(105,106)66(111,112)113)30-22-16-10-4-1-7-13-19-25-33-124-39-36-38(44(123)127-120-41(121)28-29-42(120)122)37-40(125-34-26-20-14-8-2-5-11-17-23-31-46(71,72)49(77,78)52(83,84)55(89,90)58(95,96)61(101,102)64(107,108)67(114,115)116)43(39)126-35-27-21-15-9-3-6-12-18-24-32-47(73,74)50(79,80)53(85,86)56(91,92)59(97,98)62(103,104)65(109,110)68(117,118)119/h36-37H,1-35H2. The molecule has 0 spiro atoms. The fraction of sp³-hybridized carbons (Fsp3) is 0.868. The molecule has 0 radical (unpaired) electrons. The number of nitrogens with zero attached hydrogens (tertiary/aromatic N) is 1. The van der Waals surface area contributed by atoms with Crippen molar-refractivity contribution in [3.63, 3.8) is 0 Å². The van der Waals surface area contributed by atoms with Crippen LogP contribution in [0.4, 0.5) is 224 Å². The highest BCUT2D eigenvalue weighted by Gasteiger charge is 2.99. The Morgan fingerprint density at radius 3 is 0.591 bits per heavy atom. The van der Waals surface area contributed by atoms with E-state index in [0.29, 0.717) is 0 Å². The number of rotatable bonds is 59. The lowest BCUT2D eigenvalue weighted by Gasteiger charge is -2.42. The van der Waals surface area contributed by atoms with Gasteiger partial charge in [0.1, 0.15) is 0 Å². The molecule has 1 fully saturated rings. The Morgan fingerprint density at radius 2 is 0.394 bits per heavy atom. The van der Waals surface area contributed by atoms with Gasteiger partial charge in [-0.3, -0.25) is 9.59 Å². The Hall–Kier alpha value is -6.34. The molecule has 0 bridgehead atoms. The molecule has 0 saturated carbocycles. The molecular formula is C68H72F51NO7. The molecule has 0 aliphatic carbocycles. The third-order valence-corrected chi connectivity index (χ3v) is 19.5. The second-order valence-corrected chi connectivity index (χ2v) is 29.0. The number of hydrogen-bond acceptors (Lipinski definition) is 7. The van der Waals surface area contributed by atoms with Crippen LogP contribution in [0.25, 0.3) is 0 Å². The van der Waals surface area contributed by atoms with E-state index in [9.17, 15) is 238 Å². The van der Waals surface area contributed by atoms with E-state index in [1.54, 1.807) is 0 Å². The number of halogens is 51. The van der Waals surface area contributed by atoms with Crippen LogP contribution in [0, 0.1) is 0 Å². The largest absolute Gasteiger partial charge is 0.490 e. The van der Waals surface area contributed by atoms with Crippen LogP contribution in [0.3, 0.4) is 0 Å². The van der Waals surface area contributed by atoms with E-state index in [-0.39, 0.29) is 165 Å². The van der Waals surface area contributed by atoms with Gasteiger partial charge in [0.2, 0.25) is 5.75 Å². The number of unbranched alkanes of at least 4 members (excludes halogenated alkanes) is 24. The second kappa shape index (κ2) is 41.0. The topological polar surface area (TPSA) is 91.4 Å². The summed E-state index contributed by atoms with van der Waals surface area (Å²) in [5.74, 6) is -177. The third kappa shape index (κ3) is 23.1. The molecule has 0 atom stereocenters. The lowest BCUT2D eigenvalue weighted by Crippen LogP contribution is -2.74. The Morgan fingerprint density at radius 1 is 0.228 bits per heavy atom. The van der Waals surface area contributed by atoms with Gasteiger partial charge in [0.25, 0.3) is 11.8 Å². The van der Waals surface area contributed by atoms with Crippen LogP contribution in [-0.2, 0) is 14.4 Å². The van der Waals surface area contributed by atoms with Crippen molar-refractivity contribution in [1.82, 2.24) is 5.06 Å². The first kappa shape index (κ1) is 117. The molecule has 1 aromatic carbocycles. The summed E-state index contributed by atoms with van der Waals surface area (Å²) in [5, 5.41) is 0.0793. The van der Waals surface area contributed by atoms with Crippen LogP contribution in [0.15, 0.2) is 12.1 Å². The Bertz CT molecular complexity index is 3500. The summed E-state index contributed by atoms with van der Waals surface area (Å²) in [7, 11) is 0. The van der Waals surface area contributed by atoms with E-state index in [1.807, 2.05) is 0 Å². The number of imide groups is 1. The molecule has 1 heterocycles. The maximum atomic E-state index is 14.4. The molecule has 2 rings (SSSR count). The van der Waals surface area contributed by atoms with Crippen molar-refractivity contribution in [3.05, 3.63) is 17.7 Å². The molecule has 1 aliphatic rings. The van der Waals surface area contributed by atoms with Crippen molar-refractivity contribution in [2.45, 2.75) is 348 Å². The van der Waals surface area contributed by atoms with E-state index in [0.717, 1.165) is 12.1 Å². The summed E-state index contributed by atoms with van der Waals surface area (Å²) < 4.78 is 715. The van der Waals surface area contributed by atoms with Crippen LogP contribution in [-0.4, -0.2) is 186 Å². The zero-order valence-corrected chi connectivity index (χ0v) is 64.0. The van der Waals surface area contributed by atoms with Gasteiger partial charge in [-0.05, 0) is 50.7 Å². The van der Waals surface area contributed by atoms with E-state index < -0.39 is 248 Å². The van der Waals surface area contributed by atoms with Gasteiger partial charge in [-0.15, -0.1) is 5.06 Å². The summed E-state index contributed by atoms with van der Waals surface area (Å²) in [6.07, 6.45) is -37.9. The van der Waals surface area contributed by atoms with Crippen molar-refractivity contribution in [2.75, 3.05) is 19.8 Å². The summed E-state index contributed by atoms with van der Waals surface area (Å²) in [6, 6.07) is 1.84. The van der Waals surface area contributed by atoms with Gasteiger partial charge in [-0.25, -0.2) is 4.79 Å². The number of alkyl halides is 51. The zero-order chi connectivity index (χ0) is 99.6. The highest BCUT2D eigenvalue weighted by Crippen LogP contribution is 2.69. The first-order valence-corrected chi connectivity index (χ1v) is 37.0. The lowest BCUT2D eigenvalue weighted by molar-refractivity contribution is -0.461. The molecule has 1 aromatic rings. The number of carbonyl (C=O) groups excluding carboxylic acids is 3. The van der Waals surface area contributed by atoms with Gasteiger partial charge < -0.3 is 19.0 Å². The maximum absolute atomic E-state index is 14.4. The Labute approximate surface area is 682 Å². The van der Waals surface area contributed by atoms with Gasteiger partial charge in [0.15, 0.2) is 11.5 Å². The summed E-state index contributed by atoms with van der Waals surface area (Å²) in [4.78, 5) is 43.2. The first-order valence-electron chi connectivity index (χ1n) is 37.0. The molecule has 59 heteroatoms. The molecule has 748 valence electrons. The van der Waals surface area contributed by atoms with Gasteiger partial charge in [0.05, 0.1) is 25.4 Å². The summed E-state index contributed by atoms with van der Waals surface area (Å²) >= 11 is 0. The number of hydroxylamine groups is 2. The molecule has 0 aromatic heterocycles. The average Bonchev–Trinajstić information content (AvgIpc) is 0.908. The Balaban J connectivity index is 2.27. The molecule has 1 aliphatic heterocycles. The SMILES string of the molecule is O=C(ON1C(=O)CCC1=O)c1cc(OCCCCCCCCCCCC(F)(F)C(F)(F)C(F)(F)C(F)(F)C(F)(F)C(F)(F)C(F)(F)C(F)(F)F)c(OCCCCCCCCCCCC(F)(F)C(F)(F)C(F)(F)C(F)(F)C(F)(F)C(F)(F)C(F)(F)C(F)(F)F)c(OCCCCCCCCCCCC(F)(F)C(F)(F)C(F)(F)C(F)(F)C(F)(F)C(F)(F)C(F)(F)C(F)(F)F)c1. The quantitative estimate of drug-likeness (QED) is 0.0364. The highest BCUT2D eigenvalue weighted by atomic mass is 19.5. The smallest absolute Gasteiger partial charge is 0.460 e.